The minimum Gasteiger partial charge on any atom is -0.318 e. The van der Waals surface area contributed by atoms with Gasteiger partial charge in [-0.1, -0.05) is 44.0 Å². The van der Waals surface area contributed by atoms with Gasteiger partial charge in [0.05, 0.1) is 6.04 Å². The second kappa shape index (κ2) is 5.45. The van der Waals surface area contributed by atoms with Crippen LogP contribution in [0, 0.1) is 19.8 Å². The van der Waals surface area contributed by atoms with E-state index in [1.807, 2.05) is 0 Å². The van der Waals surface area contributed by atoms with Crippen LogP contribution in [0.25, 0.3) is 0 Å². The van der Waals surface area contributed by atoms with E-state index in [1.54, 1.807) is 0 Å². The fourth-order valence-electron chi connectivity index (χ4n) is 3.56. The number of nitrogens with zero attached hydrogens (tertiary/aromatic N) is 1. The van der Waals surface area contributed by atoms with Crippen molar-refractivity contribution in [3.8, 4) is 0 Å². The number of nitrogens with one attached hydrogen (secondary N) is 1. The first-order chi connectivity index (χ1) is 10.0. The van der Waals surface area contributed by atoms with E-state index in [4.69, 9.17) is 0 Å². The van der Waals surface area contributed by atoms with Crippen LogP contribution in [-0.2, 0) is 4.79 Å². The van der Waals surface area contributed by atoms with E-state index in [-0.39, 0.29) is 12.2 Å². The van der Waals surface area contributed by atoms with E-state index in [0.29, 0.717) is 17.9 Å². The van der Waals surface area contributed by atoms with Crippen molar-refractivity contribution in [1.29, 1.82) is 0 Å². The number of benzene rings is 1. The van der Waals surface area contributed by atoms with E-state index in [9.17, 15) is 4.79 Å². The normalized spacial score (nSPS) is 31.8. The Kier molecular flexibility index (Phi) is 3.78. The van der Waals surface area contributed by atoms with Gasteiger partial charge in [-0.3, -0.25) is 10.1 Å². The predicted octanol–water partition coefficient (Wildman–Crippen LogP) is 3.31. The maximum atomic E-state index is 12.7. The molecule has 1 heterocycles. The van der Waals surface area contributed by atoms with Gasteiger partial charge in [0, 0.05) is 6.04 Å². The van der Waals surface area contributed by atoms with Crippen LogP contribution in [-0.4, -0.2) is 22.9 Å². The van der Waals surface area contributed by atoms with Crippen LogP contribution in [0.4, 0.5) is 0 Å². The molecule has 3 rings (SSSR count). The monoisotopic (exact) mass is 286 g/mol. The summed E-state index contributed by atoms with van der Waals surface area (Å²) in [6.45, 7) is 8.65. The van der Waals surface area contributed by atoms with Crippen LogP contribution < -0.4 is 5.32 Å². The molecule has 1 N–H and O–H groups in total. The zero-order chi connectivity index (χ0) is 15.1. The van der Waals surface area contributed by atoms with Crippen molar-refractivity contribution in [3.05, 3.63) is 34.9 Å². The summed E-state index contributed by atoms with van der Waals surface area (Å²) in [5.74, 6) is 0.945. The van der Waals surface area contributed by atoms with Gasteiger partial charge >= 0.3 is 0 Å². The van der Waals surface area contributed by atoms with Gasteiger partial charge < -0.3 is 4.90 Å². The lowest BCUT2D eigenvalue weighted by Gasteiger charge is -2.26. The van der Waals surface area contributed by atoms with E-state index in [0.717, 1.165) is 19.3 Å². The quantitative estimate of drug-likeness (QED) is 0.921. The van der Waals surface area contributed by atoms with Crippen LogP contribution in [0.1, 0.15) is 56.0 Å². The Morgan fingerprint density at radius 2 is 2.05 bits per heavy atom. The number of carbonyl (C=O) groups excluding carboxylic acids is 1. The maximum absolute atomic E-state index is 12.7. The van der Waals surface area contributed by atoms with Crippen molar-refractivity contribution in [2.45, 2.75) is 65.2 Å². The highest BCUT2D eigenvalue weighted by Gasteiger charge is 2.50. The van der Waals surface area contributed by atoms with Crippen LogP contribution >= 0.6 is 0 Å². The molecule has 1 amide bonds. The molecule has 4 unspecified atom stereocenters. The molecule has 0 aromatic heterocycles. The van der Waals surface area contributed by atoms with Gasteiger partial charge in [-0.15, -0.1) is 0 Å². The SMILES string of the molecule is CCCC1NC(c2ccc(C)cc2C)N(C2CC2C)C1=O. The largest absolute Gasteiger partial charge is 0.318 e. The van der Waals surface area contributed by atoms with Crippen LogP contribution in [0.5, 0.6) is 0 Å². The molecule has 4 atom stereocenters. The lowest BCUT2D eigenvalue weighted by atomic mass is 10.0. The van der Waals surface area contributed by atoms with E-state index in [1.165, 1.54) is 16.7 Å². The molecule has 0 radical (unpaired) electrons. The molecule has 2 fully saturated rings. The highest BCUT2D eigenvalue weighted by Crippen LogP contribution is 2.42. The summed E-state index contributed by atoms with van der Waals surface area (Å²) in [5.41, 5.74) is 3.81. The maximum Gasteiger partial charge on any atom is 0.241 e. The molecule has 1 aliphatic heterocycles. The summed E-state index contributed by atoms with van der Waals surface area (Å²) in [6, 6.07) is 6.97. The van der Waals surface area contributed by atoms with Gasteiger partial charge in [0.15, 0.2) is 0 Å². The molecule has 1 aromatic rings. The second-order valence-corrected chi connectivity index (χ2v) is 6.80. The summed E-state index contributed by atoms with van der Waals surface area (Å²) in [5, 5.41) is 3.59. The first-order valence-corrected chi connectivity index (χ1v) is 8.18. The zero-order valence-corrected chi connectivity index (χ0v) is 13.5. The summed E-state index contributed by atoms with van der Waals surface area (Å²) in [4.78, 5) is 14.9. The molecule has 0 bridgehead atoms. The molecule has 1 aliphatic carbocycles. The summed E-state index contributed by atoms with van der Waals surface area (Å²) in [6.07, 6.45) is 3.17. The highest BCUT2D eigenvalue weighted by atomic mass is 16.2. The van der Waals surface area contributed by atoms with Crippen molar-refractivity contribution >= 4 is 5.91 Å². The Hall–Kier alpha value is -1.35. The Morgan fingerprint density at radius 3 is 2.62 bits per heavy atom. The van der Waals surface area contributed by atoms with Gasteiger partial charge in [-0.2, -0.15) is 0 Å². The third-order valence-corrected chi connectivity index (χ3v) is 4.91. The van der Waals surface area contributed by atoms with Gasteiger partial charge in [0.1, 0.15) is 6.17 Å². The van der Waals surface area contributed by atoms with Crippen molar-refractivity contribution in [2.75, 3.05) is 0 Å². The van der Waals surface area contributed by atoms with Crippen molar-refractivity contribution in [1.82, 2.24) is 10.2 Å². The second-order valence-electron chi connectivity index (χ2n) is 6.80. The Balaban J connectivity index is 1.92. The molecule has 1 saturated carbocycles. The highest BCUT2D eigenvalue weighted by molar-refractivity contribution is 5.85. The first-order valence-electron chi connectivity index (χ1n) is 8.18. The summed E-state index contributed by atoms with van der Waals surface area (Å²) < 4.78 is 0. The van der Waals surface area contributed by atoms with Crippen LogP contribution in [0.2, 0.25) is 0 Å². The standard InChI is InChI=1S/C18H26N2O/c1-5-6-15-18(21)20(16-10-13(16)4)17(19-15)14-8-7-11(2)9-12(14)3/h7-9,13,15-17,19H,5-6,10H2,1-4H3. The molecule has 1 aromatic carbocycles. The van der Waals surface area contributed by atoms with Crippen molar-refractivity contribution in [2.24, 2.45) is 5.92 Å². The topological polar surface area (TPSA) is 32.3 Å². The molecule has 1 saturated heterocycles. The molecule has 114 valence electrons. The van der Waals surface area contributed by atoms with Crippen molar-refractivity contribution in [3.63, 3.8) is 0 Å². The molecule has 2 aliphatic rings. The zero-order valence-electron chi connectivity index (χ0n) is 13.5. The minimum atomic E-state index is -0.00602. The Morgan fingerprint density at radius 1 is 1.33 bits per heavy atom. The fourth-order valence-corrected chi connectivity index (χ4v) is 3.56. The van der Waals surface area contributed by atoms with Crippen molar-refractivity contribution < 1.29 is 4.79 Å². The van der Waals surface area contributed by atoms with Crippen LogP contribution in [0.15, 0.2) is 18.2 Å². The molecule has 3 nitrogen and oxygen atoms in total. The Bertz CT molecular complexity index is 554. The van der Waals surface area contributed by atoms with Gasteiger partial charge in [-0.05, 0) is 43.7 Å². The fraction of sp³-hybridized carbons (Fsp3) is 0.611. The molecular formula is C18H26N2O. The van der Waals surface area contributed by atoms with E-state index in [2.05, 4.69) is 56.1 Å². The molecule has 0 spiro atoms. The predicted molar refractivity (Wildman–Crippen MR) is 84.9 cm³/mol. The number of aryl methyl sites for hydroxylation is 2. The van der Waals surface area contributed by atoms with Gasteiger partial charge in [-0.25, -0.2) is 0 Å². The third-order valence-electron chi connectivity index (χ3n) is 4.91. The smallest absolute Gasteiger partial charge is 0.241 e. The number of hydrogen-bond donors (Lipinski definition) is 1. The summed E-state index contributed by atoms with van der Waals surface area (Å²) >= 11 is 0. The lowest BCUT2D eigenvalue weighted by Crippen LogP contribution is -2.34. The van der Waals surface area contributed by atoms with E-state index < -0.39 is 0 Å². The number of rotatable bonds is 4. The molecular weight excluding hydrogens is 260 g/mol. The first kappa shape index (κ1) is 14.6. The number of carbonyl (C=O) groups is 1. The Labute approximate surface area is 127 Å². The molecule has 21 heavy (non-hydrogen) atoms. The average Bonchev–Trinajstić information content (AvgIpc) is 3.05. The number of hydrogen-bond acceptors (Lipinski definition) is 2. The third kappa shape index (κ3) is 2.59. The van der Waals surface area contributed by atoms with E-state index >= 15 is 0 Å². The molecule has 3 heteroatoms. The van der Waals surface area contributed by atoms with Gasteiger partial charge in [0.25, 0.3) is 0 Å². The van der Waals surface area contributed by atoms with Crippen LogP contribution in [0.3, 0.4) is 0 Å². The average molecular weight is 286 g/mol. The summed E-state index contributed by atoms with van der Waals surface area (Å²) in [7, 11) is 0. The lowest BCUT2D eigenvalue weighted by molar-refractivity contribution is -0.131. The minimum absolute atomic E-state index is 0.00602. The number of amides is 1. The van der Waals surface area contributed by atoms with Gasteiger partial charge in [0.2, 0.25) is 5.91 Å².